The van der Waals surface area contributed by atoms with Gasteiger partial charge in [0.05, 0.1) is 25.8 Å². The first-order valence-electron chi connectivity index (χ1n) is 9.33. The molecule has 2 amide bonds. The molecule has 1 aliphatic heterocycles. The Balaban J connectivity index is 1.80. The topological polar surface area (TPSA) is 85.6 Å². The van der Waals surface area contributed by atoms with Crippen molar-refractivity contribution in [3.05, 3.63) is 54.1 Å². The van der Waals surface area contributed by atoms with E-state index in [0.29, 0.717) is 0 Å². The maximum absolute atomic E-state index is 12.4. The van der Waals surface area contributed by atoms with Gasteiger partial charge in [0.25, 0.3) is 0 Å². The number of ether oxygens (including phenoxy) is 1. The van der Waals surface area contributed by atoms with Crippen LogP contribution in [0.1, 0.15) is 25.3 Å². The van der Waals surface area contributed by atoms with E-state index < -0.39 is 12.1 Å². The van der Waals surface area contributed by atoms with Crippen LogP contribution in [0.5, 0.6) is 5.75 Å². The summed E-state index contributed by atoms with van der Waals surface area (Å²) in [7, 11) is 1.64. The molecular weight excluding hydrogens is 354 g/mol. The minimum absolute atomic E-state index is 0.0333. The number of nitriles is 1. The van der Waals surface area contributed by atoms with Gasteiger partial charge in [-0.1, -0.05) is 36.4 Å². The van der Waals surface area contributed by atoms with Crippen LogP contribution in [-0.2, 0) is 0 Å². The van der Waals surface area contributed by atoms with Crippen LogP contribution in [0, 0.1) is 11.3 Å². The summed E-state index contributed by atoms with van der Waals surface area (Å²) in [6.07, 6.45) is 0. The van der Waals surface area contributed by atoms with Crippen LogP contribution in [0.15, 0.2) is 48.5 Å². The number of hydrogen-bond donors (Lipinski definition) is 2. The van der Waals surface area contributed by atoms with Crippen LogP contribution >= 0.6 is 0 Å². The van der Waals surface area contributed by atoms with Crippen LogP contribution in [-0.4, -0.2) is 47.9 Å². The van der Waals surface area contributed by atoms with Crippen molar-refractivity contribution in [3.63, 3.8) is 0 Å². The fraction of sp³-hybridized carbons (Fsp3) is 0.364. The van der Waals surface area contributed by atoms with Gasteiger partial charge in [-0.15, -0.1) is 0 Å². The van der Waals surface area contributed by atoms with Crippen molar-refractivity contribution in [2.24, 2.45) is 0 Å². The molecule has 1 saturated heterocycles. The van der Waals surface area contributed by atoms with Gasteiger partial charge in [0.2, 0.25) is 0 Å². The number of likely N-dealkylation sites (tertiary alicyclic amines) is 1. The van der Waals surface area contributed by atoms with E-state index in [9.17, 15) is 15.2 Å². The summed E-state index contributed by atoms with van der Waals surface area (Å²) in [6.45, 7) is 3.54. The third-order valence-electron chi connectivity index (χ3n) is 5.10. The smallest absolute Gasteiger partial charge is 0.319 e. The number of hydrogen-bond acceptors (Lipinski definition) is 4. The van der Waals surface area contributed by atoms with E-state index in [2.05, 4.69) is 11.4 Å². The molecule has 1 fully saturated rings. The van der Waals surface area contributed by atoms with E-state index in [1.54, 1.807) is 7.11 Å². The first-order valence-corrected chi connectivity index (χ1v) is 9.33. The summed E-state index contributed by atoms with van der Waals surface area (Å²) in [5, 5.41) is 22.2. The summed E-state index contributed by atoms with van der Waals surface area (Å²) in [5.74, 6) is 0.593. The normalized spacial score (nSPS) is 21.0. The fourth-order valence-electron chi connectivity index (χ4n) is 3.69. The number of nitrogens with zero attached hydrogens (tertiary/aromatic N) is 2. The number of carbonyl (C=O) groups excluding carboxylic acids is 1. The largest absolute Gasteiger partial charge is 0.497 e. The van der Waals surface area contributed by atoms with E-state index in [-0.39, 0.29) is 24.6 Å². The van der Waals surface area contributed by atoms with Crippen molar-refractivity contribution in [2.45, 2.75) is 37.9 Å². The fourth-order valence-corrected chi connectivity index (χ4v) is 3.69. The van der Waals surface area contributed by atoms with Crippen molar-refractivity contribution >= 4 is 6.03 Å². The Labute approximate surface area is 165 Å². The highest BCUT2D eigenvalue weighted by molar-refractivity contribution is 5.77. The molecule has 6 heteroatoms. The van der Waals surface area contributed by atoms with Crippen molar-refractivity contribution in [1.29, 1.82) is 5.26 Å². The molecule has 1 aliphatic rings. The van der Waals surface area contributed by atoms with Crippen molar-refractivity contribution in [3.8, 4) is 22.9 Å². The highest BCUT2D eigenvalue weighted by Crippen LogP contribution is 2.41. The first-order chi connectivity index (χ1) is 13.5. The van der Waals surface area contributed by atoms with E-state index in [1.165, 1.54) is 4.90 Å². The number of urea groups is 1. The zero-order valence-electron chi connectivity index (χ0n) is 16.3. The predicted molar refractivity (Wildman–Crippen MR) is 107 cm³/mol. The third-order valence-corrected chi connectivity index (χ3v) is 5.10. The molecule has 0 aromatic heterocycles. The summed E-state index contributed by atoms with van der Waals surface area (Å²) in [4.78, 5) is 13.8. The number of nitrogens with one attached hydrogen (secondary N) is 1. The van der Waals surface area contributed by atoms with Gasteiger partial charge in [-0.3, -0.25) is 0 Å². The molecule has 6 nitrogen and oxygen atoms in total. The zero-order valence-corrected chi connectivity index (χ0v) is 16.3. The maximum atomic E-state index is 12.4. The summed E-state index contributed by atoms with van der Waals surface area (Å²) < 4.78 is 5.19. The lowest BCUT2D eigenvalue weighted by Crippen LogP contribution is -2.67. The van der Waals surface area contributed by atoms with E-state index in [0.717, 1.165) is 22.4 Å². The monoisotopic (exact) mass is 379 g/mol. The highest BCUT2D eigenvalue weighted by atomic mass is 16.5. The maximum Gasteiger partial charge on any atom is 0.319 e. The molecule has 1 heterocycles. The lowest BCUT2D eigenvalue weighted by atomic mass is 9.75. The molecule has 0 bridgehead atoms. The highest BCUT2D eigenvalue weighted by Gasteiger charge is 2.51. The van der Waals surface area contributed by atoms with Gasteiger partial charge in [-0.2, -0.15) is 5.26 Å². The Morgan fingerprint density at radius 3 is 2.21 bits per heavy atom. The quantitative estimate of drug-likeness (QED) is 0.836. The van der Waals surface area contributed by atoms with Gasteiger partial charge in [-0.05, 0) is 42.7 Å². The first kappa shape index (κ1) is 19.7. The predicted octanol–water partition coefficient (Wildman–Crippen LogP) is 3.13. The SMILES string of the molecule is COc1ccc(-c2ccc([C@@H]3[C@H](C#N)N(C(=O)NC(C)C)[C@H]3CO)cc2)cc1. The average molecular weight is 379 g/mol. The average Bonchev–Trinajstić information content (AvgIpc) is 2.68. The molecule has 3 rings (SSSR count). The summed E-state index contributed by atoms with van der Waals surface area (Å²) in [5.41, 5.74) is 3.06. The molecule has 0 saturated carbocycles. The van der Waals surface area contributed by atoms with Gasteiger partial charge >= 0.3 is 6.03 Å². The molecule has 146 valence electrons. The van der Waals surface area contributed by atoms with Crippen LogP contribution < -0.4 is 10.1 Å². The minimum atomic E-state index is -0.595. The summed E-state index contributed by atoms with van der Waals surface area (Å²) >= 11 is 0. The van der Waals surface area contributed by atoms with E-state index in [4.69, 9.17) is 4.74 Å². The molecule has 2 aromatic carbocycles. The van der Waals surface area contributed by atoms with E-state index >= 15 is 0 Å². The van der Waals surface area contributed by atoms with Gasteiger partial charge in [0.1, 0.15) is 11.8 Å². The molecular formula is C22H25N3O3. The van der Waals surface area contributed by atoms with Crippen molar-refractivity contribution < 1.29 is 14.6 Å². The second kappa shape index (κ2) is 8.32. The molecule has 0 spiro atoms. The van der Waals surface area contributed by atoms with Gasteiger partial charge in [-0.25, -0.2) is 4.79 Å². The minimum Gasteiger partial charge on any atom is -0.497 e. The molecule has 0 aliphatic carbocycles. The Morgan fingerprint density at radius 2 is 1.75 bits per heavy atom. The number of aliphatic hydroxyl groups excluding tert-OH is 1. The standard InChI is InChI=1S/C22H25N3O3/c1-14(2)24-22(27)25-19(12-23)21(20(25)13-26)17-6-4-15(5-7-17)16-8-10-18(28-3)11-9-16/h4-11,14,19-21,26H,13H2,1-3H3,(H,24,27)/t19-,20-,21+/m0/s1. The molecule has 28 heavy (non-hydrogen) atoms. The molecule has 0 radical (unpaired) electrons. The van der Waals surface area contributed by atoms with Crippen LogP contribution in [0.4, 0.5) is 4.79 Å². The zero-order chi connectivity index (χ0) is 20.3. The van der Waals surface area contributed by atoms with E-state index in [1.807, 2.05) is 62.4 Å². The lowest BCUT2D eigenvalue weighted by molar-refractivity contribution is 0.0162. The number of amides is 2. The second-order valence-corrected chi connectivity index (χ2v) is 7.21. The Bertz CT molecular complexity index is 856. The Morgan fingerprint density at radius 1 is 1.18 bits per heavy atom. The molecule has 2 N–H and O–H groups in total. The number of rotatable bonds is 5. The van der Waals surface area contributed by atoms with Crippen LogP contribution in [0.2, 0.25) is 0 Å². The van der Waals surface area contributed by atoms with Crippen LogP contribution in [0.25, 0.3) is 11.1 Å². The Kier molecular flexibility index (Phi) is 5.86. The molecule has 3 atom stereocenters. The number of benzene rings is 2. The van der Waals surface area contributed by atoms with Gasteiger partial charge in [0.15, 0.2) is 0 Å². The number of methoxy groups -OCH3 is 1. The molecule has 0 unspecified atom stereocenters. The van der Waals surface area contributed by atoms with Crippen molar-refractivity contribution in [1.82, 2.24) is 10.2 Å². The van der Waals surface area contributed by atoms with Crippen molar-refractivity contribution in [2.75, 3.05) is 13.7 Å². The molecule has 2 aromatic rings. The second-order valence-electron chi connectivity index (χ2n) is 7.21. The van der Waals surface area contributed by atoms with Crippen LogP contribution in [0.3, 0.4) is 0 Å². The lowest BCUT2D eigenvalue weighted by Gasteiger charge is -2.51. The number of carbonyl (C=O) groups is 1. The Hall–Kier alpha value is -3.04. The number of aliphatic hydroxyl groups is 1. The van der Waals surface area contributed by atoms with Gasteiger partial charge < -0.3 is 20.1 Å². The third kappa shape index (κ3) is 3.67. The van der Waals surface area contributed by atoms with Gasteiger partial charge in [0, 0.05) is 12.0 Å². The summed E-state index contributed by atoms with van der Waals surface area (Å²) in [6, 6.07) is 16.6.